The van der Waals surface area contributed by atoms with Crippen LogP contribution in [0.3, 0.4) is 0 Å². The Labute approximate surface area is 156 Å². The predicted molar refractivity (Wildman–Crippen MR) is 108 cm³/mol. The third-order valence-corrected chi connectivity index (χ3v) is 4.84. The number of benzene rings is 1. The molecule has 0 radical (unpaired) electrons. The lowest BCUT2D eigenvalue weighted by atomic mass is 10.1. The first-order valence-corrected chi connectivity index (χ1v) is 9.51. The maximum atomic E-state index is 13.2. The standard InChI is InChI=1S/C22H29N3O/c1-4-5-13-24-14-8-9-19(16-24)22(26)25-17-18(12-15-23(2)3)20-10-6-7-11-21(20)25/h6-8,10-11,14,16-17H,4-5,9,12-13,15H2,1-3H3. The summed E-state index contributed by atoms with van der Waals surface area (Å²) in [5.74, 6) is 0.0863. The maximum Gasteiger partial charge on any atom is 0.260 e. The van der Waals surface area contributed by atoms with Crippen molar-refractivity contribution in [3.8, 4) is 0 Å². The van der Waals surface area contributed by atoms with E-state index in [-0.39, 0.29) is 5.91 Å². The number of carbonyl (C=O) groups is 1. The fraction of sp³-hybridized carbons (Fsp3) is 0.409. The molecule has 0 bridgehead atoms. The number of rotatable bonds is 7. The predicted octanol–water partition coefficient (Wildman–Crippen LogP) is 4.29. The molecule has 0 unspecified atom stereocenters. The number of allylic oxidation sites excluding steroid dienone is 2. The average Bonchev–Trinajstić information content (AvgIpc) is 3.03. The molecule has 138 valence electrons. The summed E-state index contributed by atoms with van der Waals surface area (Å²) in [5.41, 5.74) is 3.09. The zero-order valence-corrected chi connectivity index (χ0v) is 16.1. The average molecular weight is 351 g/mol. The van der Waals surface area contributed by atoms with Crippen molar-refractivity contribution < 1.29 is 4.79 Å². The van der Waals surface area contributed by atoms with Gasteiger partial charge in [-0.05, 0) is 51.2 Å². The molecule has 1 aliphatic heterocycles. The van der Waals surface area contributed by atoms with Gasteiger partial charge in [-0.3, -0.25) is 9.36 Å². The van der Waals surface area contributed by atoms with E-state index in [2.05, 4.69) is 49.2 Å². The maximum absolute atomic E-state index is 13.2. The van der Waals surface area contributed by atoms with Gasteiger partial charge in [0.1, 0.15) is 0 Å². The molecule has 2 heterocycles. The van der Waals surface area contributed by atoms with Crippen LogP contribution in [0.1, 0.15) is 36.5 Å². The zero-order valence-electron chi connectivity index (χ0n) is 16.1. The molecule has 0 N–H and O–H groups in total. The van der Waals surface area contributed by atoms with Crippen molar-refractivity contribution in [3.63, 3.8) is 0 Å². The van der Waals surface area contributed by atoms with Gasteiger partial charge in [0, 0.05) is 36.4 Å². The van der Waals surface area contributed by atoms with Gasteiger partial charge in [0.15, 0.2) is 0 Å². The molecule has 1 aliphatic rings. The minimum Gasteiger partial charge on any atom is -0.354 e. The van der Waals surface area contributed by atoms with Crippen LogP contribution >= 0.6 is 0 Å². The number of unbranched alkanes of at least 4 members (excludes halogenated alkanes) is 1. The normalized spacial score (nSPS) is 14.3. The molecule has 1 aromatic heterocycles. The first-order chi connectivity index (χ1) is 12.6. The number of carbonyl (C=O) groups excluding carboxylic acids is 1. The monoisotopic (exact) mass is 351 g/mol. The van der Waals surface area contributed by atoms with Gasteiger partial charge in [0.25, 0.3) is 5.91 Å². The van der Waals surface area contributed by atoms with E-state index in [4.69, 9.17) is 0 Å². The van der Waals surface area contributed by atoms with Gasteiger partial charge < -0.3 is 9.80 Å². The van der Waals surface area contributed by atoms with Crippen LogP contribution in [0.4, 0.5) is 0 Å². The molecule has 3 rings (SSSR count). The smallest absolute Gasteiger partial charge is 0.260 e. The molecule has 1 aromatic carbocycles. The summed E-state index contributed by atoms with van der Waals surface area (Å²) in [6, 6.07) is 8.21. The second kappa shape index (κ2) is 8.37. The summed E-state index contributed by atoms with van der Waals surface area (Å²) in [5, 5.41) is 1.18. The van der Waals surface area contributed by atoms with Crippen molar-refractivity contribution >= 4 is 16.8 Å². The van der Waals surface area contributed by atoms with E-state index in [1.165, 1.54) is 10.9 Å². The molecule has 0 atom stereocenters. The molecule has 0 fully saturated rings. The van der Waals surface area contributed by atoms with Gasteiger partial charge in [0.2, 0.25) is 0 Å². The highest BCUT2D eigenvalue weighted by atomic mass is 16.2. The number of para-hydroxylation sites is 1. The molecule has 4 nitrogen and oxygen atoms in total. The molecule has 2 aromatic rings. The van der Waals surface area contributed by atoms with E-state index < -0.39 is 0 Å². The third kappa shape index (κ3) is 4.07. The summed E-state index contributed by atoms with van der Waals surface area (Å²) in [6.07, 6.45) is 12.1. The molecular formula is C22H29N3O. The highest BCUT2D eigenvalue weighted by Gasteiger charge is 2.18. The first-order valence-electron chi connectivity index (χ1n) is 9.51. The quantitative estimate of drug-likeness (QED) is 0.745. The van der Waals surface area contributed by atoms with Crippen LogP contribution in [0.5, 0.6) is 0 Å². The van der Waals surface area contributed by atoms with E-state index >= 15 is 0 Å². The van der Waals surface area contributed by atoms with Crippen molar-refractivity contribution in [2.24, 2.45) is 0 Å². The Morgan fingerprint density at radius 1 is 1.23 bits per heavy atom. The van der Waals surface area contributed by atoms with Gasteiger partial charge >= 0.3 is 0 Å². The molecule has 0 saturated heterocycles. The summed E-state index contributed by atoms with van der Waals surface area (Å²) >= 11 is 0. The van der Waals surface area contributed by atoms with Crippen molar-refractivity contribution in [2.45, 2.75) is 32.6 Å². The van der Waals surface area contributed by atoms with Crippen molar-refractivity contribution in [1.29, 1.82) is 0 Å². The van der Waals surface area contributed by atoms with Gasteiger partial charge in [-0.2, -0.15) is 0 Å². The van der Waals surface area contributed by atoms with E-state index in [0.29, 0.717) is 6.42 Å². The van der Waals surface area contributed by atoms with E-state index in [9.17, 15) is 4.79 Å². The second-order valence-electron chi connectivity index (χ2n) is 7.23. The first kappa shape index (κ1) is 18.5. The van der Waals surface area contributed by atoms with Crippen LogP contribution in [0.2, 0.25) is 0 Å². The SMILES string of the molecule is CCCCN1C=CCC(C(=O)n2cc(CCN(C)C)c3ccccc32)=C1. The zero-order chi connectivity index (χ0) is 18.5. The van der Waals surface area contributed by atoms with Gasteiger partial charge in [-0.15, -0.1) is 0 Å². The van der Waals surface area contributed by atoms with E-state index in [0.717, 1.165) is 43.4 Å². The fourth-order valence-corrected chi connectivity index (χ4v) is 3.35. The number of hydrogen-bond acceptors (Lipinski definition) is 3. The second-order valence-corrected chi connectivity index (χ2v) is 7.23. The Morgan fingerprint density at radius 2 is 2.04 bits per heavy atom. The Morgan fingerprint density at radius 3 is 2.81 bits per heavy atom. The molecule has 4 heteroatoms. The lowest BCUT2D eigenvalue weighted by Gasteiger charge is -2.21. The Bertz CT molecular complexity index is 829. The highest BCUT2D eigenvalue weighted by Crippen LogP contribution is 2.24. The minimum absolute atomic E-state index is 0.0863. The topological polar surface area (TPSA) is 28.5 Å². The van der Waals surface area contributed by atoms with Crippen LogP contribution in [-0.4, -0.2) is 47.5 Å². The van der Waals surface area contributed by atoms with Gasteiger partial charge in [-0.1, -0.05) is 37.6 Å². The van der Waals surface area contributed by atoms with Crippen molar-refractivity contribution in [3.05, 3.63) is 60.1 Å². The number of likely N-dealkylation sites (N-methyl/N-ethyl adjacent to an activating group) is 1. The fourth-order valence-electron chi connectivity index (χ4n) is 3.35. The highest BCUT2D eigenvalue weighted by molar-refractivity contribution is 6.02. The lowest BCUT2D eigenvalue weighted by molar-refractivity contribution is 0.0955. The van der Waals surface area contributed by atoms with E-state index in [1.54, 1.807) is 0 Å². The summed E-state index contributed by atoms with van der Waals surface area (Å²) in [6.45, 7) is 4.12. The van der Waals surface area contributed by atoms with Gasteiger partial charge in [0.05, 0.1) is 5.52 Å². The number of hydrogen-bond donors (Lipinski definition) is 0. The van der Waals surface area contributed by atoms with E-state index in [1.807, 2.05) is 35.2 Å². The van der Waals surface area contributed by atoms with Crippen LogP contribution in [-0.2, 0) is 6.42 Å². The summed E-state index contributed by atoms with van der Waals surface area (Å²) in [4.78, 5) is 17.5. The molecule has 0 amide bonds. The van der Waals surface area contributed by atoms with Crippen LogP contribution < -0.4 is 0 Å². The molecule has 0 spiro atoms. The van der Waals surface area contributed by atoms with Gasteiger partial charge in [-0.25, -0.2) is 0 Å². The molecule has 0 aliphatic carbocycles. The van der Waals surface area contributed by atoms with Crippen LogP contribution in [0, 0.1) is 0 Å². The minimum atomic E-state index is 0.0863. The molecule has 0 saturated carbocycles. The van der Waals surface area contributed by atoms with Crippen molar-refractivity contribution in [2.75, 3.05) is 27.2 Å². The number of nitrogens with zero attached hydrogens (tertiary/aromatic N) is 3. The Hall–Kier alpha value is -2.33. The number of aromatic nitrogens is 1. The summed E-state index contributed by atoms with van der Waals surface area (Å²) < 4.78 is 1.84. The lowest BCUT2D eigenvalue weighted by Crippen LogP contribution is -2.20. The largest absolute Gasteiger partial charge is 0.354 e. The Kier molecular flexibility index (Phi) is 5.94. The van der Waals surface area contributed by atoms with Crippen LogP contribution in [0.25, 0.3) is 10.9 Å². The molecule has 26 heavy (non-hydrogen) atoms. The molecular weight excluding hydrogens is 322 g/mol. The third-order valence-electron chi connectivity index (χ3n) is 4.84. The Balaban J connectivity index is 1.89. The van der Waals surface area contributed by atoms with Crippen LogP contribution in [0.15, 0.2) is 54.5 Å². The van der Waals surface area contributed by atoms with Crippen molar-refractivity contribution in [1.82, 2.24) is 14.4 Å². The summed E-state index contributed by atoms with van der Waals surface area (Å²) in [7, 11) is 4.16. The number of fused-ring (bicyclic) bond motifs is 1.